The van der Waals surface area contributed by atoms with Crippen LogP contribution in [0.5, 0.6) is 5.75 Å². The van der Waals surface area contributed by atoms with Crippen molar-refractivity contribution in [2.75, 3.05) is 20.2 Å². The van der Waals surface area contributed by atoms with Crippen molar-refractivity contribution in [2.24, 2.45) is 0 Å². The summed E-state index contributed by atoms with van der Waals surface area (Å²) in [5.41, 5.74) is 5.02. The Kier molecular flexibility index (Phi) is 7.42. The van der Waals surface area contributed by atoms with Crippen LogP contribution < -0.4 is 9.57 Å². The molecule has 4 rings (SSSR count). The third-order valence-electron chi connectivity index (χ3n) is 6.37. The fraction of sp³-hybridized carbons (Fsp3) is 0.296. The SMILES string of the molecule is COc1ccc(CCN2C(=O)N(NS(=O)(=O)Cc3ccccc3)CC2c2ccc(C)c(C)c2)cc1. The third-order valence-corrected chi connectivity index (χ3v) is 7.59. The van der Waals surface area contributed by atoms with Crippen LogP contribution in [-0.4, -0.2) is 44.6 Å². The molecule has 3 aromatic rings. The highest BCUT2D eigenvalue weighted by atomic mass is 32.2. The van der Waals surface area contributed by atoms with E-state index >= 15 is 0 Å². The van der Waals surface area contributed by atoms with Crippen LogP contribution in [0.1, 0.15) is 33.9 Å². The fourth-order valence-corrected chi connectivity index (χ4v) is 5.44. The van der Waals surface area contributed by atoms with Crippen LogP contribution >= 0.6 is 0 Å². The van der Waals surface area contributed by atoms with Gasteiger partial charge in [-0.05, 0) is 60.2 Å². The van der Waals surface area contributed by atoms with Gasteiger partial charge in [0.05, 0.1) is 25.4 Å². The number of benzene rings is 3. The van der Waals surface area contributed by atoms with Gasteiger partial charge in [-0.25, -0.2) is 18.2 Å². The largest absolute Gasteiger partial charge is 0.497 e. The summed E-state index contributed by atoms with van der Waals surface area (Å²) < 4.78 is 30.9. The minimum absolute atomic E-state index is 0.197. The van der Waals surface area contributed by atoms with Crippen LogP contribution in [0, 0.1) is 13.8 Å². The van der Waals surface area contributed by atoms with Gasteiger partial charge in [-0.1, -0.05) is 60.7 Å². The quantitative estimate of drug-likeness (QED) is 0.480. The van der Waals surface area contributed by atoms with Gasteiger partial charge in [0, 0.05) is 6.54 Å². The smallest absolute Gasteiger partial charge is 0.335 e. The molecule has 0 aliphatic carbocycles. The number of sulfonamides is 1. The Morgan fingerprint density at radius 2 is 1.66 bits per heavy atom. The van der Waals surface area contributed by atoms with Gasteiger partial charge in [-0.3, -0.25) is 0 Å². The summed E-state index contributed by atoms with van der Waals surface area (Å²) in [4.78, 5) is 17.7. The molecule has 0 spiro atoms. The van der Waals surface area contributed by atoms with Crippen molar-refractivity contribution >= 4 is 16.1 Å². The van der Waals surface area contributed by atoms with Crippen molar-refractivity contribution in [3.63, 3.8) is 0 Å². The summed E-state index contributed by atoms with van der Waals surface area (Å²) in [6.07, 6.45) is 0.641. The predicted octanol–water partition coefficient (Wildman–Crippen LogP) is 4.37. The number of hydrazine groups is 1. The first-order valence-electron chi connectivity index (χ1n) is 11.6. The van der Waals surface area contributed by atoms with E-state index in [0.717, 1.165) is 22.4 Å². The zero-order chi connectivity index (χ0) is 25.0. The fourth-order valence-electron chi connectivity index (χ4n) is 4.26. The number of hydrogen-bond donors (Lipinski definition) is 1. The maximum atomic E-state index is 13.4. The number of ether oxygens (including phenoxy) is 1. The number of urea groups is 1. The Morgan fingerprint density at radius 3 is 2.31 bits per heavy atom. The number of rotatable bonds is 9. The van der Waals surface area contributed by atoms with Gasteiger partial charge in [0.2, 0.25) is 10.0 Å². The summed E-state index contributed by atoms with van der Waals surface area (Å²) >= 11 is 0. The molecule has 0 aromatic heterocycles. The van der Waals surface area contributed by atoms with Gasteiger partial charge in [0.1, 0.15) is 5.75 Å². The normalized spacial score (nSPS) is 16.1. The van der Waals surface area contributed by atoms with Crippen LogP contribution in [0.3, 0.4) is 0 Å². The molecule has 0 saturated carbocycles. The van der Waals surface area contributed by atoms with Gasteiger partial charge < -0.3 is 9.64 Å². The second-order valence-corrected chi connectivity index (χ2v) is 10.6. The number of amides is 2. The molecule has 1 N–H and O–H groups in total. The Labute approximate surface area is 207 Å². The van der Waals surface area contributed by atoms with E-state index in [4.69, 9.17) is 4.74 Å². The van der Waals surface area contributed by atoms with Gasteiger partial charge in [-0.2, -0.15) is 0 Å². The highest BCUT2D eigenvalue weighted by Gasteiger charge is 2.39. The average molecular weight is 494 g/mol. The molecule has 35 heavy (non-hydrogen) atoms. The highest BCUT2D eigenvalue weighted by Crippen LogP contribution is 2.30. The van der Waals surface area contributed by atoms with E-state index in [1.54, 1.807) is 36.3 Å². The minimum atomic E-state index is -3.76. The zero-order valence-electron chi connectivity index (χ0n) is 20.3. The number of carbonyl (C=O) groups is 1. The topological polar surface area (TPSA) is 79.0 Å². The van der Waals surface area contributed by atoms with Crippen LogP contribution in [0.15, 0.2) is 72.8 Å². The van der Waals surface area contributed by atoms with E-state index in [1.807, 2.05) is 56.3 Å². The van der Waals surface area contributed by atoms with Crippen LogP contribution in [0.4, 0.5) is 4.79 Å². The van der Waals surface area contributed by atoms with E-state index < -0.39 is 10.0 Å². The molecule has 1 heterocycles. The summed E-state index contributed by atoms with van der Waals surface area (Å²) in [5, 5.41) is 1.23. The van der Waals surface area contributed by atoms with Crippen LogP contribution in [0.2, 0.25) is 0 Å². The first-order valence-corrected chi connectivity index (χ1v) is 13.2. The second kappa shape index (κ2) is 10.5. The van der Waals surface area contributed by atoms with Crippen LogP contribution in [-0.2, 0) is 22.2 Å². The van der Waals surface area contributed by atoms with E-state index in [1.165, 1.54) is 10.6 Å². The lowest BCUT2D eigenvalue weighted by molar-refractivity contribution is 0.182. The molecule has 7 nitrogen and oxygen atoms in total. The molecular formula is C27H31N3O4S. The van der Waals surface area contributed by atoms with Gasteiger partial charge >= 0.3 is 6.03 Å². The zero-order valence-corrected chi connectivity index (χ0v) is 21.1. The molecule has 1 aliphatic heterocycles. The molecule has 0 bridgehead atoms. The maximum Gasteiger partial charge on any atom is 0.335 e. The Balaban J connectivity index is 1.54. The second-order valence-electron chi connectivity index (χ2n) is 8.88. The monoisotopic (exact) mass is 493 g/mol. The summed E-state index contributed by atoms with van der Waals surface area (Å²) in [6, 6.07) is 22.2. The van der Waals surface area contributed by atoms with Crippen molar-refractivity contribution < 1.29 is 17.9 Å². The lowest BCUT2D eigenvalue weighted by atomic mass is 10.0. The molecule has 3 aromatic carbocycles. The molecule has 1 atom stereocenters. The third kappa shape index (κ3) is 6.01. The molecule has 1 unspecified atom stereocenters. The number of carbonyl (C=O) groups excluding carboxylic acids is 1. The molecule has 0 radical (unpaired) electrons. The average Bonchev–Trinajstić information content (AvgIpc) is 3.14. The Bertz CT molecular complexity index is 1280. The van der Waals surface area contributed by atoms with Crippen molar-refractivity contribution in [3.8, 4) is 5.75 Å². The van der Waals surface area contributed by atoms with Crippen LogP contribution in [0.25, 0.3) is 0 Å². The van der Waals surface area contributed by atoms with E-state index in [-0.39, 0.29) is 24.4 Å². The minimum Gasteiger partial charge on any atom is -0.497 e. The lowest BCUT2D eigenvalue weighted by Crippen LogP contribution is -2.45. The predicted molar refractivity (Wildman–Crippen MR) is 136 cm³/mol. The molecular weight excluding hydrogens is 462 g/mol. The molecule has 1 fully saturated rings. The van der Waals surface area contributed by atoms with Crippen molar-refractivity contribution in [3.05, 3.63) is 101 Å². The van der Waals surface area contributed by atoms with E-state index in [2.05, 4.69) is 10.9 Å². The Hall–Kier alpha value is -3.36. The standard InChI is InChI=1S/C27H31N3O4S/c1-20-9-12-24(17-21(20)2)26-18-30(28-35(32,33)19-23-7-5-4-6-8-23)27(31)29(26)16-15-22-10-13-25(34-3)14-11-22/h4-14,17,26,28H,15-16,18-19H2,1-3H3. The first kappa shape index (κ1) is 24.8. The van der Waals surface area contributed by atoms with Gasteiger partial charge in [-0.15, -0.1) is 4.83 Å². The molecule has 8 heteroatoms. The van der Waals surface area contributed by atoms with E-state index in [0.29, 0.717) is 18.5 Å². The summed E-state index contributed by atoms with van der Waals surface area (Å²) in [5.74, 6) is 0.579. The number of nitrogens with zero attached hydrogens (tertiary/aromatic N) is 2. The number of methoxy groups -OCH3 is 1. The number of nitrogens with one attached hydrogen (secondary N) is 1. The van der Waals surface area contributed by atoms with Crippen molar-refractivity contribution in [1.29, 1.82) is 0 Å². The first-order chi connectivity index (χ1) is 16.8. The maximum absolute atomic E-state index is 13.4. The van der Waals surface area contributed by atoms with Gasteiger partial charge in [0.15, 0.2) is 0 Å². The highest BCUT2D eigenvalue weighted by molar-refractivity contribution is 7.88. The molecule has 2 amide bonds. The van der Waals surface area contributed by atoms with Crippen molar-refractivity contribution in [2.45, 2.75) is 32.1 Å². The summed E-state index contributed by atoms with van der Waals surface area (Å²) in [6.45, 7) is 4.78. The number of aryl methyl sites for hydroxylation is 2. The lowest BCUT2D eigenvalue weighted by Gasteiger charge is -2.24. The Morgan fingerprint density at radius 1 is 0.943 bits per heavy atom. The summed E-state index contributed by atoms with van der Waals surface area (Å²) in [7, 11) is -2.13. The molecule has 1 aliphatic rings. The van der Waals surface area contributed by atoms with Gasteiger partial charge in [0.25, 0.3) is 0 Å². The molecule has 184 valence electrons. The molecule has 1 saturated heterocycles. The number of hydrogen-bond acceptors (Lipinski definition) is 4. The van der Waals surface area contributed by atoms with E-state index in [9.17, 15) is 13.2 Å². The van der Waals surface area contributed by atoms with Crippen molar-refractivity contribution in [1.82, 2.24) is 14.7 Å².